The molecular weight excluding hydrogens is 320 g/mol. The molecule has 5 rings (SSSR count). The minimum atomic E-state index is -0.200. The van der Waals surface area contributed by atoms with E-state index in [1.807, 2.05) is 43.3 Å². The predicted octanol–water partition coefficient (Wildman–Crippen LogP) is 4.76. The number of hydrogen-bond donors (Lipinski definition) is 1. The van der Waals surface area contributed by atoms with Gasteiger partial charge in [0.2, 0.25) is 0 Å². The maximum absolute atomic E-state index is 12.8. The molecule has 1 atom stereocenters. The van der Waals surface area contributed by atoms with Gasteiger partial charge in [0, 0.05) is 5.56 Å². The summed E-state index contributed by atoms with van der Waals surface area (Å²) >= 11 is 0. The minimum absolute atomic E-state index is 0.0194. The average molecular weight is 338 g/mol. The van der Waals surface area contributed by atoms with E-state index < -0.39 is 0 Å². The third-order valence-electron chi connectivity index (χ3n) is 5.09. The van der Waals surface area contributed by atoms with Gasteiger partial charge >= 0.3 is 0 Å². The Hall–Kier alpha value is -3.33. The van der Waals surface area contributed by atoms with Crippen molar-refractivity contribution < 1.29 is 4.79 Å². The Morgan fingerprint density at radius 1 is 0.923 bits per heavy atom. The van der Waals surface area contributed by atoms with Crippen LogP contribution in [-0.4, -0.2) is 5.91 Å². The average Bonchev–Trinajstić information content (AvgIpc) is 2.68. The van der Waals surface area contributed by atoms with Crippen LogP contribution < -0.4 is 10.2 Å². The maximum atomic E-state index is 12.8. The summed E-state index contributed by atoms with van der Waals surface area (Å²) in [6.07, 6.45) is 2.01. The first kappa shape index (κ1) is 15.0. The van der Waals surface area contributed by atoms with E-state index >= 15 is 0 Å². The zero-order valence-corrected chi connectivity index (χ0v) is 14.4. The van der Waals surface area contributed by atoms with E-state index in [9.17, 15) is 4.79 Å². The number of carbonyl (C=O) groups excluding carboxylic acids is 1. The first-order valence-corrected chi connectivity index (χ1v) is 8.79. The molecule has 3 heteroatoms. The topological polar surface area (TPSA) is 32.3 Å². The number of amides is 1. The van der Waals surface area contributed by atoms with E-state index in [-0.39, 0.29) is 12.1 Å². The van der Waals surface area contributed by atoms with E-state index in [4.69, 9.17) is 0 Å². The fourth-order valence-electron chi connectivity index (χ4n) is 3.87. The van der Waals surface area contributed by atoms with Gasteiger partial charge in [0.1, 0.15) is 6.17 Å². The van der Waals surface area contributed by atoms with Crippen molar-refractivity contribution in [1.29, 1.82) is 0 Å². The summed E-state index contributed by atoms with van der Waals surface area (Å²) in [5.74, 6) is -0.0194. The van der Waals surface area contributed by atoms with Crippen LogP contribution in [0.2, 0.25) is 0 Å². The summed E-state index contributed by atoms with van der Waals surface area (Å²) in [6, 6.07) is 24.7. The smallest absolute Gasteiger partial charge is 0.255 e. The van der Waals surface area contributed by atoms with E-state index in [0.717, 1.165) is 39.2 Å². The Balaban J connectivity index is 1.79. The van der Waals surface area contributed by atoms with Gasteiger partial charge in [-0.15, -0.1) is 0 Å². The molecule has 0 fully saturated rings. The molecule has 126 valence electrons. The van der Waals surface area contributed by atoms with Gasteiger partial charge in [-0.1, -0.05) is 66.2 Å². The first-order chi connectivity index (χ1) is 12.7. The number of aryl methyl sites for hydroxylation is 1. The third-order valence-corrected chi connectivity index (χ3v) is 5.09. The van der Waals surface area contributed by atoms with Crippen molar-refractivity contribution in [2.24, 2.45) is 0 Å². The molecule has 0 aromatic heterocycles. The van der Waals surface area contributed by atoms with E-state index in [1.54, 1.807) is 0 Å². The largest absolute Gasteiger partial charge is 0.327 e. The highest BCUT2D eigenvalue weighted by molar-refractivity contribution is 6.07. The van der Waals surface area contributed by atoms with Crippen molar-refractivity contribution in [2.75, 3.05) is 4.90 Å². The Bertz CT molecular complexity index is 1050. The number of anilines is 1. The molecular formula is C23H18N2O. The van der Waals surface area contributed by atoms with Crippen LogP contribution in [0.3, 0.4) is 0 Å². The molecule has 0 spiro atoms. The quantitative estimate of drug-likeness (QED) is 0.694. The molecule has 26 heavy (non-hydrogen) atoms. The SMILES string of the molecule is Cc1ccc2c(c1)C(=O)NC1c3ccccc3C=C(c3ccccc3)N21. The number of hydrogen-bond acceptors (Lipinski definition) is 2. The Kier molecular flexibility index (Phi) is 3.22. The standard InChI is InChI=1S/C23H18N2O/c1-15-11-12-20-19(13-15)23(26)24-22-18-10-6-5-9-17(18)14-21(25(20)22)16-7-3-2-4-8-16/h2-14,22H,1H3,(H,24,26). The van der Waals surface area contributed by atoms with Crippen LogP contribution in [0.4, 0.5) is 5.69 Å². The fraction of sp³-hybridized carbons (Fsp3) is 0.0870. The molecule has 0 saturated heterocycles. The van der Waals surface area contributed by atoms with Crippen molar-refractivity contribution >= 4 is 23.4 Å². The van der Waals surface area contributed by atoms with Crippen molar-refractivity contribution in [3.63, 3.8) is 0 Å². The normalized spacial score (nSPS) is 17.6. The van der Waals surface area contributed by atoms with E-state index in [2.05, 4.69) is 52.7 Å². The zero-order chi connectivity index (χ0) is 17.7. The van der Waals surface area contributed by atoms with Crippen LogP contribution in [0.25, 0.3) is 11.8 Å². The second-order valence-electron chi connectivity index (χ2n) is 6.79. The molecule has 3 nitrogen and oxygen atoms in total. The number of carbonyl (C=O) groups is 1. The molecule has 0 aliphatic carbocycles. The van der Waals surface area contributed by atoms with Gasteiger partial charge in [-0.3, -0.25) is 4.79 Å². The van der Waals surface area contributed by atoms with Crippen LogP contribution in [0.1, 0.15) is 38.8 Å². The van der Waals surface area contributed by atoms with Crippen LogP contribution in [0.15, 0.2) is 72.8 Å². The lowest BCUT2D eigenvalue weighted by Crippen LogP contribution is -2.47. The van der Waals surface area contributed by atoms with Gasteiger partial charge in [0.05, 0.1) is 16.9 Å². The second kappa shape index (κ2) is 5.60. The van der Waals surface area contributed by atoms with Gasteiger partial charge in [-0.25, -0.2) is 0 Å². The predicted molar refractivity (Wildman–Crippen MR) is 105 cm³/mol. The lowest BCUT2D eigenvalue weighted by atomic mass is 9.91. The maximum Gasteiger partial charge on any atom is 0.255 e. The number of nitrogens with zero attached hydrogens (tertiary/aromatic N) is 1. The molecule has 2 heterocycles. The number of fused-ring (bicyclic) bond motifs is 5. The van der Waals surface area contributed by atoms with Crippen LogP contribution >= 0.6 is 0 Å². The van der Waals surface area contributed by atoms with E-state index in [0.29, 0.717) is 0 Å². The van der Waals surface area contributed by atoms with Gasteiger partial charge in [0.15, 0.2) is 0 Å². The van der Waals surface area contributed by atoms with Crippen molar-refractivity contribution in [3.8, 4) is 0 Å². The summed E-state index contributed by atoms with van der Waals surface area (Å²) in [4.78, 5) is 15.0. The van der Waals surface area contributed by atoms with Crippen LogP contribution in [-0.2, 0) is 0 Å². The first-order valence-electron chi connectivity index (χ1n) is 8.79. The lowest BCUT2D eigenvalue weighted by molar-refractivity contribution is 0.0929. The minimum Gasteiger partial charge on any atom is -0.327 e. The summed E-state index contributed by atoms with van der Waals surface area (Å²) in [5, 5.41) is 3.20. The zero-order valence-electron chi connectivity index (χ0n) is 14.4. The second-order valence-corrected chi connectivity index (χ2v) is 6.79. The van der Waals surface area contributed by atoms with Gasteiger partial charge < -0.3 is 10.2 Å². The molecule has 1 amide bonds. The molecule has 2 aliphatic heterocycles. The van der Waals surface area contributed by atoms with Crippen molar-refractivity contribution in [1.82, 2.24) is 5.32 Å². The molecule has 1 unspecified atom stereocenters. The Morgan fingerprint density at radius 2 is 1.69 bits per heavy atom. The van der Waals surface area contributed by atoms with Crippen LogP contribution in [0, 0.1) is 6.92 Å². The highest BCUT2D eigenvalue weighted by atomic mass is 16.2. The van der Waals surface area contributed by atoms with Gasteiger partial charge in [-0.05, 0) is 36.3 Å². The van der Waals surface area contributed by atoms with Crippen LogP contribution in [0.5, 0.6) is 0 Å². The monoisotopic (exact) mass is 338 g/mol. The molecule has 1 N–H and O–H groups in total. The fourth-order valence-corrected chi connectivity index (χ4v) is 3.87. The molecule has 0 bridgehead atoms. The highest BCUT2D eigenvalue weighted by Crippen LogP contribution is 2.44. The molecule has 0 saturated carbocycles. The number of nitrogens with one attached hydrogen (secondary N) is 1. The molecule has 3 aromatic rings. The van der Waals surface area contributed by atoms with Crippen molar-refractivity contribution in [3.05, 3.63) is 101 Å². The molecule has 2 aliphatic rings. The van der Waals surface area contributed by atoms with E-state index in [1.165, 1.54) is 0 Å². The van der Waals surface area contributed by atoms with Crippen molar-refractivity contribution in [2.45, 2.75) is 13.1 Å². The lowest BCUT2D eigenvalue weighted by Gasteiger charge is -2.43. The summed E-state index contributed by atoms with van der Waals surface area (Å²) in [7, 11) is 0. The summed E-state index contributed by atoms with van der Waals surface area (Å²) in [6.45, 7) is 2.01. The van der Waals surface area contributed by atoms with Gasteiger partial charge in [-0.2, -0.15) is 0 Å². The number of benzene rings is 3. The summed E-state index contributed by atoms with van der Waals surface area (Å²) < 4.78 is 0. The third kappa shape index (κ3) is 2.17. The summed E-state index contributed by atoms with van der Waals surface area (Å²) in [5.41, 5.74) is 7.25. The Morgan fingerprint density at radius 3 is 2.54 bits per heavy atom. The molecule has 3 aromatic carbocycles. The number of rotatable bonds is 1. The molecule has 0 radical (unpaired) electrons. The highest BCUT2D eigenvalue weighted by Gasteiger charge is 2.37. The van der Waals surface area contributed by atoms with Gasteiger partial charge in [0.25, 0.3) is 5.91 Å². The Labute approximate surface area is 152 Å².